The summed E-state index contributed by atoms with van der Waals surface area (Å²) in [5, 5.41) is 9.67. The first-order valence-electron chi connectivity index (χ1n) is 16.9. The fourth-order valence-corrected chi connectivity index (χ4v) is 8.73. The van der Waals surface area contributed by atoms with Gasteiger partial charge in [0.05, 0.1) is 36.5 Å². The van der Waals surface area contributed by atoms with E-state index in [9.17, 15) is 45.1 Å². The van der Waals surface area contributed by atoms with Crippen molar-refractivity contribution in [3.05, 3.63) is 122 Å². The van der Waals surface area contributed by atoms with Gasteiger partial charge >= 0.3 is 12.1 Å². The third kappa shape index (κ3) is 8.45. The topological polar surface area (TPSA) is 104 Å². The number of carbonyl (C=O) groups is 2. The largest absolute Gasteiger partial charge is 0.492 e. The quantitative estimate of drug-likeness (QED) is 0.0772. The van der Waals surface area contributed by atoms with Crippen molar-refractivity contribution in [2.24, 2.45) is 0 Å². The van der Waals surface area contributed by atoms with Crippen molar-refractivity contribution in [3.8, 4) is 5.75 Å². The van der Waals surface area contributed by atoms with E-state index in [1.54, 1.807) is 6.92 Å². The average Bonchev–Trinajstić information content (AvgIpc) is 4.03. The molecule has 0 heterocycles. The Kier molecular flexibility index (Phi) is 11.2. The molecule has 0 spiro atoms. The Morgan fingerprint density at radius 1 is 0.889 bits per heavy atom. The Bertz CT molecular complexity index is 2200. The van der Waals surface area contributed by atoms with Crippen molar-refractivity contribution in [2.75, 3.05) is 18.1 Å². The van der Waals surface area contributed by atoms with Crippen LogP contribution < -0.4 is 9.64 Å². The summed E-state index contributed by atoms with van der Waals surface area (Å²) >= 11 is 2.74. The molecule has 0 aromatic heterocycles. The Hall–Kier alpha value is -4.41. The second-order valence-electron chi connectivity index (χ2n) is 13.2. The van der Waals surface area contributed by atoms with Crippen molar-refractivity contribution in [1.82, 2.24) is 4.31 Å². The molecule has 4 aromatic rings. The van der Waals surface area contributed by atoms with Crippen LogP contribution >= 0.6 is 15.9 Å². The van der Waals surface area contributed by atoms with E-state index in [1.807, 2.05) is 12.1 Å². The molecular formula is C38H33BrF6N2O6S. The molecule has 0 unspecified atom stereocenters. The first-order valence-corrected chi connectivity index (χ1v) is 19.1. The molecule has 0 atom stereocenters. The van der Waals surface area contributed by atoms with E-state index < -0.39 is 79.1 Å². The first kappa shape index (κ1) is 39.3. The molecule has 6 rings (SSSR count). The predicted molar refractivity (Wildman–Crippen MR) is 189 cm³/mol. The van der Waals surface area contributed by atoms with E-state index >= 15 is 4.39 Å². The molecule has 2 aliphatic carbocycles. The summed E-state index contributed by atoms with van der Waals surface area (Å²) < 4.78 is 120. The van der Waals surface area contributed by atoms with Crippen molar-refractivity contribution in [3.63, 3.8) is 0 Å². The number of carbonyl (C=O) groups excluding carboxylic acids is 1. The maximum Gasteiger partial charge on any atom is 0.416 e. The summed E-state index contributed by atoms with van der Waals surface area (Å²) in [6.45, 7) is -0.919. The van der Waals surface area contributed by atoms with E-state index in [1.165, 1.54) is 24.3 Å². The maximum absolute atomic E-state index is 15.3. The van der Waals surface area contributed by atoms with Gasteiger partial charge < -0.3 is 14.7 Å². The summed E-state index contributed by atoms with van der Waals surface area (Å²) in [5.41, 5.74) is 0.730. The predicted octanol–water partition coefficient (Wildman–Crippen LogP) is 9.16. The first-order chi connectivity index (χ1) is 25.5. The second-order valence-corrected chi connectivity index (χ2v) is 15.9. The molecule has 4 aromatic carbocycles. The Balaban J connectivity index is 1.49. The smallest absolute Gasteiger partial charge is 0.416 e. The molecule has 1 N–H and O–H groups in total. The zero-order chi connectivity index (χ0) is 39.1. The number of hydrogen-bond donors (Lipinski definition) is 1. The summed E-state index contributed by atoms with van der Waals surface area (Å²) in [6.07, 6.45) is -1.07. The average molecular weight is 840 g/mol. The lowest BCUT2D eigenvalue weighted by molar-refractivity contribution is -0.138. The van der Waals surface area contributed by atoms with Gasteiger partial charge in [-0.25, -0.2) is 26.4 Å². The molecule has 2 aliphatic rings. The van der Waals surface area contributed by atoms with Crippen LogP contribution in [0.15, 0.2) is 76.1 Å². The number of sulfonamides is 1. The molecule has 8 nitrogen and oxygen atoms in total. The van der Waals surface area contributed by atoms with Gasteiger partial charge in [-0.3, -0.25) is 4.79 Å². The number of ether oxygens (including phenoxy) is 1. The number of carboxylic acids is 1. The number of hydrogen-bond acceptors (Lipinski definition) is 5. The number of amides is 1. The van der Waals surface area contributed by atoms with Gasteiger partial charge in [-0.15, -0.1) is 0 Å². The molecule has 54 heavy (non-hydrogen) atoms. The minimum absolute atomic E-state index is 0.0184. The molecule has 0 bridgehead atoms. The monoisotopic (exact) mass is 838 g/mol. The molecule has 0 saturated heterocycles. The molecule has 0 radical (unpaired) electrons. The molecule has 1 amide bonds. The van der Waals surface area contributed by atoms with Crippen LogP contribution in [0.3, 0.4) is 0 Å². The normalized spacial score (nSPS) is 14.7. The molecule has 2 fully saturated rings. The molecule has 286 valence electrons. The number of benzene rings is 4. The molecule has 16 heteroatoms. The number of rotatable bonds is 14. The Labute approximate surface area is 315 Å². The van der Waals surface area contributed by atoms with Crippen LogP contribution in [-0.2, 0) is 34.1 Å². The number of anilines is 1. The van der Waals surface area contributed by atoms with Crippen LogP contribution in [0.25, 0.3) is 0 Å². The minimum atomic E-state index is -5.42. The third-order valence-corrected chi connectivity index (χ3v) is 12.0. The van der Waals surface area contributed by atoms with E-state index in [4.69, 9.17) is 4.74 Å². The van der Waals surface area contributed by atoms with Gasteiger partial charge in [0.1, 0.15) is 10.6 Å². The van der Waals surface area contributed by atoms with E-state index in [0.717, 1.165) is 53.8 Å². The van der Waals surface area contributed by atoms with Crippen molar-refractivity contribution < 1.29 is 54.2 Å². The highest BCUT2D eigenvalue weighted by atomic mass is 79.9. The zero-order valence-corrected chi connectivity index (χ0v) is 31.0. The minimum Gasteiger partial charge on any atom is -0.492 e. The van der Waals surface area contributed by atoms with Gasteiger partial charge in [-0.2, -0.15) is 17.5 Å². The Morgan fingerprint density at radius 3 is 2.09 bits per heavy atom. The number of alkyl halides is 3. The summed E-state index contributed by atoms with van der Waals surface area (Å²) in [4.78, 5) is 26.2. The SMILES string of the molecule is CCOc1cc(C(=O)O)ccc1N(Cc1cc(C2CC2)cc(C2CC2)c1)C(=O)CN(Cc1ccccc1C(F)(F)F)S(=O)(=O)c1c(Br)cc(F)c(F)c1F. The fraction of sp³-hybridized carbons (Fsp3) is 0.316. The number of halogens is 7. The molecular weight excluding hydrogens is 806 g/mol. The lowest BCUT2D eigenvalue weighted by atomic mass is 9.99. The van der Waals surface area contributed by atoms with E-state index in [2.05, 4.69) is 22.0 Å². The highest BCUT2D eigenvalue weighted by Gasteiger charge is 2.39. The number of nitrogens with zero attached hydrogens (tertiary/aromatic N) is 2. The summed E-state index contributed by atoms with van der Waals surface area (Å²) in [5.74, 6) is -7.78. The summed E-state index contributed by atoms with van der Waals surface area (Å²) in [6, 6.07) is 13.9. The zero-order valence-electron chi connectivity index (χ0n) is 28.6. The highest BCUT2D eigenvalue weighted by Crippen LogP contribution is 2.46. The van der Waals surface area contributed by atoms with Gasteiger partial charge in [0.2, 0.25) is 15.9 Å². The van der Waals surface area contributed by atoms with Gasteiger partial charge in [0.25, 0.3) is 0 Å². The van der Waals surface area contributed by atoms with Crippen LogP contribution in [-0.4, -0.2) is 42.9 Å². The molecule has 0 aliphatic heterocycles. The van der Waals surface area contributed by atoms with Gasteiger partial charge in [-0.1, -0.05) is 36.4 Å². The van der Waals surface area contributed by atoms with Crippen LogP contribution in [0.4, 0.5) is 32.0 Å². The van der Waals surface area contributed by atoms with Gasteiger partial charge in [0, 0.05) is 11.0 Å². The standard InChI is InChI=1S/C38H33BrF6N2O6S/c1-2-53-32-16-24(37(49)50)11-12-31(32)47(18-21-13-26(22-7-8-22)15-27(14-21)23-9-10-23)33(48)20-46(19-25-5-3-4-6-28(25)38(43,44)45)54(51,52)36-29(39)17-30(40)34(41)35(36)42/h3-6,11-17,22-23H,2,7-10,18-20H2,1H3,(H,49,50). The van der Waals surface area contributed by atoms with E-state index in [0.29, 0.717) is 29.5 Å². The number of carboxylic acid groups (broad SMARTS) is 1. The maximum atomic E-state index is 15.3. The molecule has 2 saturated carbocycles. The summed E-state index contributed by atoms with van der Waals surface area (Å²) in [7, 11) is -5.42. The van der Waals surface area contributed by atoms with Crippen LogP contribution in [0, 0.1) is 17.5 Å². The van der Waals surface area contributed by atoms with Crippen molar-refractivity contribution in [1.29, 1.82) is 0 Å². The second kappa shape index (κ2) is 15.4. The lowest BCUT2D eigenvalue weighted by Gasteiger charge is -2.30. The van der Waals surface area contributed by atoms with Crippen molar-refractivity contribution in [2.45, 2.75) is 68.6 Å². The van der Waals surface area contributed by atoms with Crippen molar-refractivity contribution >= 4 is 43.5 Å². The van der Waals surface area contributed by atoms with Crippen LogP contribution in [0.2, 0.25) is 0 Å². The van der Waals surface area contributed by atoms with Gasteiger partial charge in [0.15, 0.2) is 17.5 Å². The fourth-order valence-electron chi connectivity index (χ4n) is 6.28. The third-order valence-electron chi connectivity index (χ3n) is 9.23. The number of aromatic carboxylic acids is 1. The van der Waals surface area contributed by atoms with Gasteiger partial charge in [-0.05, 0) is 113 Å². The van der Waals surface area contributed by atoms with E-state index in [-0.39, 0.29) is 34.5 Å². The highest BCUT2D eigenvalue weighted by molar-refractivity contribution is 9.10. The Morgan fingerprint density at radius 2 is 1.52 bits per heavy atom. The van der Waals surface area contributed by atoms with Crippen LogP contribution in [0.1, 0.15) is 82.6 Å². The van der Waals surface area contributed by atoms with Crippen LogP contribution in [0.5, 0.6) is 5.75 Å². The lowest BCUT2D eigenvalue weighted by Crippen LogP contribution is -2.43.